The summed E-state index contributed by atoms with van der Waals surface area (Å²) in [5, 5.41) is 2.59. The maximum absolute atomic E-state index is 2.50. The van der Waals surface area contributed by atoms with Gasteiger partial charge in [-0.15, -0.1) is 0 Å². The van der Waals surface area contributed by atoms with Crippen molar-refractivity contribution in [2.45, 2.75) is 51.6 Å². The molecule has 0 saturated heterocycles. The maximum atomic E-state index is 2.50. The van der Waals surface area contributed by atoms with E-state index in [1.54, 1.807) is 0 Å². The highest BCUT2D eigenvalue weighted by atomic mass is 15.1. The van der Waals surface area contributed by atoms with E-state index >= 15 is 0 Å². The smallest absolute Gasteiger partial charge is 0.212 e. The van der Waals surface area contributed by atoms with Crippen molar-refractivity contribution in [3.8, 4) is 0 Å². The first-order valence-electron chi connectivity index (χ1n) is 18.2. The molecular weight excluding hydrogens is 609 g/mol. The van der Waals surface area contributed by atoms with Crippen molar-refractivity contribution in [1.29, 1.82) is 0 Å². The number of para-hydroxylation sites is 2. The van der Waals surface area contributed by atoms with E-state index in [2.05, 4.69) is 193 Å². The normalized spacial score (nSPS) is 11.7. The van der Waals surface area contributed by atoms with Gasteiger partial charge in [-0.2, -0.15) is 9.13 Å². The average molecular weight is 661 g/mol. The van der Waals surface area contributed by atoms with Crippen LogP contribution in [0.15, 0.2) is 121 Å². The molecule has 50 heavy (non-hydrogen) atoms. The van der Waals surface area contributed by atoms with Crippen molar-refractivity contribution in [3.05, 3.63) is 144 Å². The standard InChI is InChI=1S/C46H52N4/c1-47(2)41-27-19-37(20-28-41)23-31-43-33-25-39-15-9-11-17-45(39)49(43)35-13-7-5-6-8-14-36-50-44(34-26-40-16-10-12-18-46(40)50)32-24-38-21-29-42(30-22-38)48(3)4/h9-12,15-34H,5-8,13-14,35-36H2,1-4H3/q+2. The average Bonchev–Trinajstić information content (AvgIpc) is 3.15. The molecule has 0 radical (unpaired) electrons. The van der Waals surface area contributed by atoms with Crippen LogP contribution in [0.2, 0.25) is 0 Å². The molecule has 0 bridgehead atoms. The Morgan fingerprint density at radius 1 is 0.400 bits per heavy atom. The fraction of sp³-hybridized carbons (Fsp3) is 0.261. The Kier molecular flexibility index (Phi) is 11.7. The topological polar surface area (TPSA) is 14.2 Å². The Morgan fingerprint density at radius 3 is 1.18 bits per heavy atom. The minimum Gasteiger partial charge on any atom is -0.378 e. The van der Waals surface area contributed by atoms with Gasteiger partial charge in [-0.25, -0.2) is 0 Å². The molecular formula is C46H52N4+2. The van der Waals surface area contributed by atoms with Crippen LogP contribution in [0.1, 0.15) is 61.0 Å². The van der Waals surface area contributed by atoms with Gasteiger partial charge in [0.1, 0.15) is 13.1 Å². The zero-order valence-corrected chi connectivity index (χ0v) is 30.3. The molecule has 0 spiro atoms. The van der Waals surface area contributed by atoms with Crippen molar-refractivity contribution >= 4 is 57.5 Å². The third kappa shape index (κ3) is 8.87. The summed E-state index contributed by atoms with van der Waals surface area (Å²) in [4.78, 5) is 4.27. The van der Waals surface area contributed by atoms with Crippen molar-refractivity contribution < 1.29 is 9.13 Å². The lowest BCUT2D eigenvalue weighted by molar-refractivity contribution is -0.673. The van der Waals surface area contributed by atoms with Crippen LogP contribution in [0.25, 0.3) is 46.1 Å². The number of hydrogen-bond donors (Lipinski definition) is 0. The maximum Gasteiger partial charge on any atom is 0.212 e. The Morgan fingerprint density at radius 2 is 0.780 bits per heavy atom. The predicted octanol–water partition coefficient (Wildman–Crippen LogP) is 10.1. The molecule has 6 aromatic rings. The molecule has 2 heterocycles. The number of anilines is 2. The lowest BCUT2D eigenvalue weighted by Crippen LogP contribution is -2.38. The number of aromatic nitrogens is 2. The molecule has 0 aliphatic carbocycles. The van der Waals surface area contributed by atoms with Gasteiger partial charge in [0.15, 0.2) is 0 Å². The summed E-state index contributed by atoms with van der Waals surface area (Å²) in [6.45, 7) is 2.06. The minimum atomic E-state index is 1.03. The van der Waals surface area contributed by atoms with Crippen LogP contribution < -0.4 is 18.9 Å². The van der Waals surface area contributed by atoms with Crippen molar-refractivity contribution in [2.24, 2.45) is 0 Å². The van der Waals surface area contributed by atoms with E-state index < -0.39 is 0 Å². The van der Waals surface area contributed by atoms with Crippen LogP contribution in [0.5, 0.6) is 0 Å². The summed E-state index contributed by atoms with van der Waals surface area (Å²) in [5.74, 6) is 0. The van der Waals surface area contributed by atoms with Crippen molar-refractivity contribution in [3.63, 3.8) is 0 Å². The number of hydrogen-bond acceptors (Lipinski definition) is 2. The van der Waals surface area contributed by atoms with Gasteiger partial charge in [-0.3, -0.25) is 0 Å². The van der Waals surface area contributed by atoms with E-state index in [0.29, 0.717) is 0 Å². The second kappa shape index (κ2) is 16.9. The third-order valence-corrected chi connectivity index (χ3v) is 9.67. The molecule has 0 amide bonds. The lowest BCUT2D eigenvalue weighted by atomic mass is 10.1. The number of fused-ring (bicyclic) bond motifs is 2. The second-order valence-corrected chi connectivity index (χ2v) is 13.7. The van der Waals surface area contributed by atoms with E-state index in [4.69, 9.17) is 0 Å². The Hall–Kier alpha value is -5.22. The van der Waals surface area contributed by atoms with E-state index in [0.717, 1.165) is 13.1 Å². The molecule has 4 aromatic carbocycles. The van der Waals surface area contributed by atoms with Gasteiger partial charge in [-0.1, -0.05) is 61.4 Å². The van der Waals surface area contributed by atoms with Crippen LogP contribution >= 0.6 is 0 Å². The number of aryl methyl sites for hydroxylation is 2. The minimum absolute atomic E-state index is 1.03. The molecule has 0 fully saturated rings. The van der Waals surface area contributed by atoms with E-state index in [1.165, 1.54) is 94.2 Å². The van der Waals surface area contributed by atoms with E-state index in [9.17, 15) is 0 Å². The first-order chi connectivity index (χ1) is 24.5. The quantitative estimate of drug-likeness (QED) is 0.0804. The van der Waals surface area contributed by atoms with Crippen LogP contribution in [0.3, 0.4) is 0 Å². The van der Waals surface area contributed by atoms with E-state index in [1.807, 2.05) is 0 Å². The zero-order valence-electron chi connectivity index (χ0n) is 30.3. The van der Waals surface area contributed by atoms with Crippen molar-refractivity contribution in [2.75, 3.05) is 38.0 Å². The van der Waals surface area contributed by atoms with Crippen molar-refractivity contribution in [1.82, 2.24) is 0 Å². The largest absolute Gasteiger partial charge is 0.378 e. The van der Waals surface area contributed by atoms with Gasteiger partial charge in [-0.05, 0) is 84.7 Å². The summed E-state index contributed by atoms with van der Waals surface area (Å²) < 4.78 is 5.01. The van der Waals surface area contributed by atoms with Crippen LogP contribution in [0, 0.1) is 0 Å². The molecule has 0 aliphatic rings. The molecule has 0 atom stereocenters. The molecule has 0 N–H and O–H groups in total. The Balaban J connectivity index is 1.04. The third-order valence-electron chi connectivity index (χ3n) is 9.67. The van der Waals surface area contributed by atoms with Crippen LogP contribution in [0.4, 0.5) is 11.4 Å². The molecule has 4 heteroatoms. The molecule has 2 aromatic heterocycles. The summed E-state index contributed by atoms with van der Waals surface area (Å²) >= 11 is 0. The fourth-order valence-electron chi connectivity index (χ4n) is 6.72. The monoisotopic (exact) mass is 660 g/mol. The first-order valence-corrected chi connectivity index (χ1v) is 18.2. The molecule has 4 nitrogen and oxygen atoms in total. The summed E-state index contributed by atoms with van der Waals surface area (Å²) in [7, 11) is 8.32. The highest BCUT2D eigenvalue weighted by molar-refractivity contribution is 5.78. The molecule has 6 rings (SSSR count). The Labute approximate surface area is 299 Å². The molecule has 254 valence electrons. The summed E-state index contributed by atoms with van der Waals surface area (Å²) in [5.41, 5.74) is 9.99. The van der Waals surface area contributed by atoms with Gasteiger partial charge in [0, 0.05) is 99.6 Å². The Bertz CT molecular complexity index is 1900. The van der Waals surface area contributed by atoms with E-state index in [-0.39, 0.29) is 0 Å². The zero-order chi connectivity index (χ0) is 34.7. The number of benzene rings is 4. The lowest BCUT2D eigenvalue weighted by Gasteiger charge is -2.11. The predicted molar refractivity (Wildman–Crippen MR) is 215 cm³/mol. The van der Waals surface area contributed by atoms with Crippen LogP contribution in [-0.4, -0.2) is 28.2 Å². The van der Waals surface area contributed by atoms with Gasteiger partial charge < -0.3 is 9.80 Å². The van der Waals surface area contributed by atoms with Gasteiger partial charge >= 0.3 is 0 Å². The number of unbranched alkanes of at least 4 members (excludes halogenated alkanes) is 5. The summed E-state index contributed by atoms with van der Waals surface area (Å²) in [6, 6.07) is 44.0. The number of pyridine rings is 2. The SMILES string of the molecule is CN(C)c1ccc(/C=C/c2ccc3ccccc3[n+]2CCCCCCCC[n+]2c(/C=C/c3ccc(N(C)C)cc3)ccc3ccccc32)cc1. The first kappa shape index (κ1) is 34.6. The molecule has 0 unspecified atom stereocenters. The summed E-state index contributed by atoms with van der Waals surface area (Å²) in [6.07, 6.45) is 16.4. The van der Waals surface area contributed by atoms with Gasteiger partial charge in [0.2, 0.25) is 22.4 Å². The van der Waals surface area contributed by atoms with Crippen LogP contribution in [-0.2, 0) is 13.1 Å². The van der Waals surface area contributed by atoms with Gasteiger partial charge in [0.25, 0.3) is 0 Å². The number of rotatable bonds is 15. The number of nitrogens with zero attached hydrogens (tertiary/aromatic N) is 4. The second-order valence-electron chi connectivity index (χ2n) is 13.7. The fourth-order valence-corrected chi connectivity index (χ4v) is 6.72. The highest BCUT2D eigenvalue weighted by Crippen LogP contribution is 2.19. The molecule has 0 aliphatic heterocycles. The molecule has 0 saturated carbocycles. The van der Waals surface area contributed by atoms with Gasteiger partial charge in [0.05, 0.1) is 0 Å². The highest BCUT2D eigenvalue weighted by Gasteiger charge is 2.15.